The average Bonchev–Trinajstić information content (AvgIpc) is 2.68. The first-order valence-electron chi connectivity index (χ1n) is 4.53. The number of anilines is 1. The van der Waals surface area contributed by atoms with E-state index >= 15 is 0 Å². The molecule has 15 heavy (non-hydrogen) atoms. The minimum Gasteiger partial charge on any atom is -0.312 e. The van der Waals surface area contributed by atoms with Gasteiger partial charge in [0, 0.05) is 0 Å². The standard InChI is InChI=1S/C10H10N4O/c15-8-11-10-6-12-13-14(10)7-9-4-2-1-3-5-9/h1-6,8H,7H2,(H,11,15). The molecule has 2 rings (SSSR count). The molecule has 0 unspecified atom stereocenters. The molecule has 0 atom stereocenters. The summed E-state index contributed by atoms with van der Waals surface area (Å²) in [5, 5.41) is 10.1. The molecule has 5 nitrogen and oxygen atoms in total. The summed E-state index contributed by atoms with van der Waals surface area (Å²) in [6.45, 7) is 0.594. The Kier molecular flexibility index (Phi) is 2.73. The lowest BCUT2D eigenvalue weighted by atomic mass is 10.2. The van der Waals surface area contributed by atoms with Crippen LogP contribution in [-0.4, -0.2) is 21.4 Å². The first-order valence-corrected chi connectivity index (χ1v) is 4.53. The van der Waals surface area contributed by atoms with E-state index in [4.69, 9.17) is 0 Å². The highest BCUT2D eigenvalue weighted by Crippen LogP contribution is 2.07. The molecule has 1 heterocycles. The Bertz CT molecular complexity index is 438. The van der Waals surface area contributed by atoms with E-state index in [1.54, 1.807) is 4.68 Å². The van der Waals surface area contributed by atoms with E-state index < -0.39 is 0 Å². The molecule has 0 aliphatic heterocycles. The third-order valence-corrected chi connectivity index (χ3v) is 2.00. The normalized spacial score (nSPS) is 9.87. The van der Waals surface area contributed by atoms with Crippen LogP contribution in [-0.2, 0) is 11.3 Å². The van der Waals surface area contributed by atoms with E-state index in [9.17, 15) is 4.79 Å². The van der Waals surface area contributed by atoms with Gasteiger partial charge in [-0.2, -0.15) is 0 Å². The summed E-state index contributed by atoms with van der Waals surface area (Å²) in [6, 6.07) is 9.85. The van der Waals surface area contributed by atoms with Crippen molar-refractivity contribution in [3.63, 3.8) is 0 Å². The van der Waals surface area contributed by atoms with Crippen LogP contribution in [0.2, 0.25) is 0 Å². The van der Waals surface area contributed by atoms with Crippen LogP contribution in [0, 0.1) is 0 Å². The largest absolute Gasteiger partial charge is 0.312 e. The van der Waals surface area contributed by atoms with Gasteiger partial charge >= 0.3 is 0 Å². The number of aromatic nitrogens is 3. The summed E-state index contributed by atoms with van der Waals surface area (Å²) in [5.74, 6) is 0.592. The minimum atomic E-state index is 0.592. The van der Waals surface area contributed by atoms with Crippen LogP contribution < -0.4 is 5.32 Å². The van der Waals surface area contributed by atoms with Crippen LogP contribution in [0.25, 0.3) is 0 Å². The molecule has 0 saturated heterocycles. The van der Waals surface area contributed by atoms with Crippen molar-refractivity contribution in [2.45, 2.75) is 6.54 Å². The van der Waals surface area contributed by atoms with Gasteiger partial charge in [-0.3, -0.25) is 4.79 Å². The summed E-state index contributed by atoms with van der Waals surface area (Å²) in [4.78, 5) is 10.3. The molecule has 0 aliphatic rings. The lowest BCUT2D eigenvalue weighted by molar-refractivity contribution is -0.105. The summed E-state index contributed by atoms with van der Waals surface area (Å²) >= 11 is 0. The highest BCUT2D eigenvalue weighted by Gasteiger charge is 2.02. The highest BCUT2D eigenvalue weighted by atomic mass is 16.1. The number of carbonyl (C=O) groups is 1. The van der Waals surface area contributed by atoms with Gasteiger partial charge in [0.2, 0.25) is 6.41 Å². The number of rotatable bonds is 4. The third-order valence-electron chi connectivity index (χ3n) is 2.00. The molecule has 0 aliphatic carbocycles. The Labute approximate surface area is 86.7 Å². The maximum Gasteiger partial charge on any atom is 0.212 e. The van der Waals surface area contributed by atoms with Gasteiger partial charge in [-0.25, -0.2) is 4.68 Å². The van der Waals surface area contributed by atoms with Crippen molar-refractivity contribution >= 4 is 12.2 Å². The number of nitrogens with one attached hydrogen (secondary N) is 1. The quantitative estimate of drug-likeness (QED) is 0.749. The Morgan fingerprint density at radius 3 is 2.87 bits per heavy atom. The number of hydrogen-bond donors (Lipinski definition) is 1. The van der Waals surface area contributed by atoms with Gasteiger partial charge in [-0.05, 0) is 5.56 Å². The molecule has 1 amide bonds. The van der Waals surface area contributed by atoms with Crippen molar-refractivity contribution < 1.29 is 4.79 Å². The first-order chi connectivity index (χ1) is 7.40. The lowest BCUT2D eigenvalue weighted by Crippen LogP contribution is -2.07. The van der Waals surface area contributed by atoms with Crippen LogP contribution in [0.3, 0.4) is 0 Å². The molecule has 5 heteroatoms. The Morgan fingerprint density at radius 2 is 2.13 bits per heavy atom. The molecule has 0 radical (unpaired) electrons. The van der Waals surface area contributed by atoms with Crippen molar-refractivity contribution in [2.24, 2.45) is 0 Å². The smallest absolute Gasteiger partial charge is 0.212 e. The molecule has 76 valence electrons. The van der Waals surface area contributed by atoms with Crippen molar-refractivity contribution in [1.82, 2.24) is 15.0 Å². The maximum absolute atomic E-state index is 10.3. The zero-order chi connectivity index (χ0) is 10.5. The molecule has 0 bridgehead atoms. The van der Waals surface area contributed by atoms with E-state index in [1.807, 2.05) is 30.3 Å². The van der Waals surface area contributed by atoms with Gasteiger partial charge in [0.05, 0.1) is 12.7 Å². The fourth-order valence-electron chi connectivity index (χ4n) is 1.30. The topological polar surface area (TPSA) is 59.8 Å². The predicted octanol–water partition coefficient (Wildman–Crippen LogP) is 0.895. The second-order valence-electron chi connectivity index (χ2n) is 3.02. The summed E-state index contributed by atoms with van der Waals surface area (Å²) < 4.78 is 1.63. The molecule has 1 aromatic heterocycles. The van der Waals surface area contributed by atoms with E-state index in [1.165, 1.54) is 6.20 Å². The van der Waals surface area contributed by atoms with Crippen molar-refractivity contribution in [3.05, 3.63) is 42.1 Å². The van der Waals surface area contributed by atoms with Crippen LogP contribution in [0.5, 0.6) is 0 Å². The molecule has 0 fully saturated rings. The number of carbonyl (C=O) groups excluding carboxylic acids is 1. The lowest BCUT2D eigenvalue weighted by Gasteiger charge is -2.04. The number of amides is 1. The highest BCUT2D eigenvalue weighted by molar-refractivity contribution is 5.68. The molecule has 0 spiro atoms. The van der Waals surface area contributed by atoms with Crippen molar-refractivity contribution in [3.8, 4) is 0 Å². The third kappa shape index (κ3) is 2.19. The van der Waals surface area contributed by atoms with Crippen LogP contribution >= 0.6 is 0 Å². The zero-order valence-electron chi connectivity index (χ0n) is 8.00. The number of nitrogens with zero attached hydrogens (tertiary/aromatic N) is 3. The Balaban J connectivity index is 2.17. The van der Waals surface area contributed by atoms with Gasteiger partial charge in [0.1, 0.15) is 0 Å². The fraction of sp³-hybridized carbons (Fsp3) is 0.100. The second-order valence-corrected chi connectivity index (χ2v) is 3.02. The summed E-state index contributed by atoms with van der Waals surface area (Å²) in [7, 11) is 0. The SMILES string of the molecule is O=CNc1cnnn1Cc1ccccc1. The monoisotopic (exact) mass is 202 g/mol. The molecular weight excluding hydrogens is 192 g/mol. The molecular formula is C10H10N4O. The molecule has 0 saturated carbocycles. The van der Waals surface area contributed by atoms with Crippen LogP contribution in [0.1, 0.15) is 5.56 Å². The number of hydrogen-bond acceptors (Lipinski definition) is 3. The van der Waals surface area contributed by atoms with E-state index in [2.05, 4.69) is 15.6 Å². The van der Waals surface area contributed by atoms with E-state index in [0.717, 1.165) is 5.56 Å². The predicted molar refractivity (Wildman–Crippen MR) is 55.3 cm³/mol. The Morgan fingerprint density at radius 1 is 1.33 bits per heavy atom. The van der Waals surface area contributed by atoms with E-state index in [-0.39, 0.29) is 0 Å². The van der Waals surface area contributed by atoms with Gasteiger partial charge in [-0.1, -0.05) is 35.5 Å². The molecule has 2 aromatic rings. The second kappa shape index (κ2) is 4.36. The zero-order valence-corrected chi connectivity index (χ0v) is 8.00. The Hall–Kier alpha value is -2.17. The van der Waals surface area contributed by atoms with Crippen LogP contribution in [0.4, 0.5) is 5.82 Å². The van der Waals surface area contributed by atoms with E-state index in [0.29, 0.717) is 18.8 Å². The summed E-state index contributed by atoms with van der Waals surface area (Å²) in [6.07, 6.45) is 2.12. The molecule has 1 N–H and O–H groups in total. The average molecular weight is 202 g/mol. The van der Waals surface area contributed by atoms with Gasteiger partial charge in [-0.15, -0.1) is 5.10 Å². The van der Waals surface area contributed by atoms with Crippen molar-refractivity contribution in [2.75, 3.05) is 5.32 Å². The van der Waals surface area contributed by atoms with Crippen molar-refractivity contribution in [1.29, 1.82) is 0 Å². The van der Waals surface area contributed by atoms with Gasteiger partial charge in [0.15, 0.2) is 5.82 Å². The number of benzene rings is 1. The summed E-state index contributed by atoms with van der Waals surface area (Å²) in [5.41, 5.74) is 1.11. The first kappa shape index (κ1) is 9.39. The van der Waals surface area contributed by atoms with Gasteiger partial charge < -0.3 is 5.32 Å². The fourth-order valence-corrected chi connectivity index (χ4v) is 1.30. The maximum atomic E-state index is 10.3. The van der Waals surface area contributed by atoms with Crippen LogP contribution in [0.15, 0.2) is 36.5 Å². The molecule has 1 aromatic carbocycles. The minimum absolute atomic E-state index is 0.592. The van der Waals surface area contributed by atoms with Gasteiger partial charge in [0.25, 0.3) is 0 Å².